The average molecular weight is 542 g/mol. The molecule has 3 rings (SSSR count). The highest BCUT2D eigenvalue weighted by atomic mass is 32.2. The van der Waals surface area contributed by atoms with Gasteiger partial charge in [0, 0.05) is 18.4 Å². The van der Waals surface area contributed by atoms with Crippen molar-refractivity contribution in [2.24, 2.45) is 0 Å². The lowest BCUT2D eigenvalue weighted by Crippen LogP contribution is -2.16. The third-order valence-electron chi connectivity index (χ3n) is 5.92. The molecule has 0 aliphatic heterocycles. The summed E-state index contributed by atoms with van der Waals surface area (Å²) in [6.45, 7) is 0.135. The first-order valence-corrected chi connectivity index (χ1v) is 13.4. The predicted molar refractivity (Wildman–Crippen MR) is 141 cm³/mol. The maximum atomic E-state index is 13.6. The highest BCUT2D eigenvalue weighted by Crippen LogP contribution is 2.40. The van der Waals surface area contributed by atoms with Crippen LogP contribution in [0.1, 0.15) is 40.7 Å². The zero-order chi connectivity index (χ0) is 27.7. The quantitative estimate of drug-likeness (QED) is 0.203. The van der Waals surface area contributed by atoms with Gasteiger partial charge in [-0.15, -0.1) is 0 Å². The molecule has 0 saturated heterocycles. The van der Waals surface area contributed by atoms with Crippen LogP contribution in [0.2, 0.25) is 0 Å². The van der Waals surface area contributed by atoms with Gasteiger partial charge in [-0.1, -0.05) is 30.3 Å². The summed E-state index contributed by atoms with van der Waals surface area (Å²) < 4.78 is 48.1. The Labute approximate surface area is 222 Å². The molecule has 0 saturated carbocycles. The number of hydrogen-bond donors (Lipinski definition) is 1. The highest BCUT2D eigenvalue weighted by molar-refractivity contribution is 7.91. The first kappa shape index (κ1) is 28.5. The number of sulfone groups is 1. The van der Waals surface area contributed by atoms with Crippen LogP contribution in [0, 0.1) is 0 Å². The number of unbranched alkanes of at least 4 members (excludes halogenated alkanes) is 1. The summed E-state index contributed by atoms with van der Waals surface area (Å²) in [6.07, 6.45) is 1.43. The van der Waals surface area contributed by atoms with E-state index in [2.05, 4.69) is 4.74 Å². The van der Waals surface area contributed by atoms with Gasteiger partial charge in [0.2, 0.25) is 9.84 Å². The lowest BCUT2D eigenvalue weighted by Gasteiger charge is -2.20. The second-order valence-corrected chi connectivity index (χ2v) is 10.3. The molecule has 0 radical (unpaired) electrons. The summed E-state index contributed by atoms with van der Waals surface area (Å²) in [4.78, 5) is 24.0. The molecule has 10 heteroatoms. The van der Waals surface area contributed by atoms with Crippen LogP contribution in [0.4, 0.5) is 5.69 Å². The van der Waals surface area contributed by atoms with Crippen molar-refractivity contribution in [3.63, 3.8) is 0 Å². The monoisotopic (exact) mass is 541 g/mol. The molecule has 0 aliphatic carbocycles. The average Bonchev–Trinajstić information content (AvgIpc) is 2.94. The highest BCUT2D eigenvalue weighted by Gasteiger charge is 2.29. The van der Waals surface area contributed by atoms with Gasteiger partial charge in [0.05, 0.1) is 49.0 Å². The number of rotatable bonds is 12. The fourth-order valence-corrected chi connectivity index (χ4v) is 5.28. The minimum Gasteiger partial charge on any atom is -0.497 e. The standard InChI is InChI=1S/C28H31NO8S/c1-34-20-12-14-21(15-13-20)38(32,33)24-18-23(28(31)36-3)22(17-19-9-5-4-6-10-19)27(26(24)29)37-16-8-7-11-25(30)35-2/h4-6,9-10,12-15,18H,7-8,11,16-17,29H2,1-3H3. The maximum absolute atomic E-state index is 13.6. The second kappa shape index (κ2) is 13.0. The topological polar surface area (TPSA) is 131 Å². The molecule has 0 atom stereocenters. The molecule has 3 aromatic rings. The number of benzene rings is 3. The van der Waals surface area contributed by atoms with Gasteiger partial charge in [0.1, 0.15) is 11.5 Å². The van der Waals surface area contributed by atoms with E-state index in [1.165, 1.54) is 51.7 Å². The van der Waals surface area contributed by atoms with E-state index in [0.29, 0.717) is 24.2 Å². The van der Waals surface area contributed by atoms with Crippen LogP contribution >= 0.6 is 0 Å². The maximum Gasteiger partial charge on any atom is 0.338 e. The van der Waals surface area contributed by atoms with E-state index in [9.17, 15) is 18.0 Å². The number of carbonyl (C=O) groups excluding carboxylic acids is 2. The molecular weight excluding hydrogens is 510 g/mol. The molecule has 202 valence electrons. The number of nitrogen functional groups attached to an aromatic ring is 1. The normalized spacial score (nSPS) is 11.0. The zero-order valence-electron chi connectivity index (χ0n) is 21.6. The Morgan fingerprint density at radius 3 is 2.18 bits per heavy atom. The summed E-state index contributed by atoms with van der Waals surface area (Å²) in [5.74, 6) is -0.490. The molecule has 0 heterocycles. The Bertz CT molecular complexity index is 1370. The number of carbonyl (C=O) groups is 2. The third-order valence-corrected chi connectivity index (χ3v) is 7.73. The molecule has 0 fully saturated rings. The van der Waals surface area contributed by atoms with Gasteiger partial charge in [-0.3, -0.25) is 4.79 Å². The molecule has 3 aromatic carbocycles. The Morgan fingerprint density at radius 1 is 0.895 bits per heavy atom. The van der Waals surface area contributed by atoms with Crippen LogP contribution in [0.25, 0.3) is 0 Å². The second-order valence-electron chi connectivity index (χ2n) is 8.36. The van der Waals surface area contributed by atoms with Crippen molar-refractivity contribution in [3.8, 4) is 11.5 Å². The van der Waals surface area contributed by atoms with Gasteiger partial charge in [-0.25, -0.2) is 13.2 Å². The first-order valence-electron chi connectivity index (χ1n) is 11.9. The third kappa shape index (κ3) is 6.63. The van der Waals surface area contributed by atoms with Crippen molar-refractivity contribution < 1.29 is 37.0 Å². The number of esters is 2. The molecule has 0 aliphatic rings. The zero-order valence-corrected chi connectivity index (χ0v) is 22.4. The van der Waals surface area contributed by atoms with Crippen molar-refractivity contribution in [2.75, 3.05) is 33.7 Å². The summed E-state index contributed by atoms with van der Waals surface area (Å²) in [5, 5.41) is 0. The van der Waals surface area contributed by atoms with Gasteiger partial charge >= 0.3 is 11.9 Å². The van der Waals surface area contributed by atoms with E-state index >= 15 is 0 Å². The first-order chi connectivity index (χ1) is 18.2. The van der Waals surface area contributed by atoms with E-state index in [4.69, 9.17) is 19.9 Å². The fraction of sp³-hybridized carbons (Fsp3) is 0.286. The van der Waals surface area contributed by atoms with E-state index in [-0.39, 0.29) is 52.2 Å². The van der Waals surface area contributed by atoms with E-state index < -0.39 is 15.8 Å². The molecule has 0 amide bonds. The van der Waals surface area contributed by atoms with Crippen LogP contribution < -0.4 is 15.2 Å². The molecule has 0 unspecified atom stereocenters. The van der Waals surface area contributed by atoms with Gasteiger partial charge < -0.3 is 24.7 Å². The van der Waals surface area contributed by atoms with Crippen molar-refractivity contribution >= 4 is 27.5 Å². The van der Waals surface area contributed by atoms with Gasteiger partial charge in [-0.2, -0.15) is 0 Å². The van der Waals surface area contributed by atoms with Gasteiger partial charge in [0.25, 0.3) is 0 Å². The Morgan fingerprint density at radius 2 is 1.58 bits per heavy atom. The number of hydrogen-bond acceptors (Lipinski definition) is 9. The van der Waals surface area contributed by atoms with E-state index in [1.807, 2.05) is 30.3 Å². The largest absolute Gasteiger partial charge is 0.497 e. The summed E-state index contributed by atoms with van der Waals surface area (Å²) in [5.41, 5.74) is 7.63. The molecule has 0 aromatic heterocycles. The van der Waals surface area contributed by atoms with Crippen LogP contribution in [0.5, 0.6) is 11.5 Å². The number of ether oxygens (including phenoxy) is 4. The molecule has 38 heavy (non-hydrogen) atoms. The van der Waals surface area contributed by atoms with Crippen molar-refractivity contribution in [3.05, 3.63) is 77.4 Å². The summed E-state index contributed by atoms with van der Waals surface area (Å²) in [7, 11) is -0.138. The predicted octanol–water partition coefficient (Wildman–Crippen LogP) is 4.21. The van der Waals surface area contributed by atoms with Crippen molar-refractivity contribution in [1.82, 2.24) is 0 Å². The molecule has 0 spiro atoms. The van der Waals surface area contributed by atoms with Crippen LogP contribution in [-0.2, 0) is 30.5 Å². The summed E-state index contributed by atoms with van der Waals surface area (Å²) >= 11 is 0. The lowest BCUT2D eigenvalue weighted by molar-refractivity contribution is -0.140. The Kier molecular flexibility index (Phi) is 9.72. The van der Waals surface area contributed by atoms with Gasteiger partial charge in [-0.05, 0) is 48.7 Å². The number of methoxy groups -OCH3 is 3. The molecule has 9 nitrogen and oxygen atoms in total. The molecular formula is C28H31NO8S. The number of nitrogens with two attached hydrogens (primary N) is 1. The smallest absolute Gasteiger partial charge is 0.338 e. The lowest BCUT2D eigenvalue weighted by atomic mass is 9.97. The van der Waals surface area contributed by atoms with Crippen LogP contribution in [-0.4, -0.2) is 48.3 Å². The Balaban J connectivity index is 2.12. The molecule has 2 N–H and O–H groups in total. The van der Waals surface area contributed by atoms with E-state index in [1.54, 1.807) is 0 Å². The van der Waals surface area contributed by atoms with Crippen LogP contribution in [0.3, 0.4) is 0 Å². The van der Waals surface area contributed by atoms with Crippen molar-refractivity contribution in [2.45, 2.75) is 35.5 Å². The minimum absolute atomic E-state index is 0.0272. The van der Waals surface area contributed by atoms with Crippen LogP contribution in [0.15, 0.2) is 70.5 Å². The molecule has 0 bridgehead atoms. The van der Waals surface area contributed by atoms with E-state index in [0.717, 1.165) is 5.56 Å². The summed E-state index contributed by atoms with van der Waals surface area (Å²) in [6, 6.07) is 16.4. The van der Waals surface area contributed by atoms with Crippen molar-refractivity contribution in [1.29, 1.82) is 0 Å². The number of anilines is 1. The Hall–Kier alpha value is -4.05. The van der Waals surface area contributed by atoms with Gasteiger partial charge in [0.15, 0.2) is 0 Å². The minimum atomic E-state index is -4.15. The fourth-order valence-electron chi connectivity index (χ4n) is 3.88. The SMILES string of the molecule is COC(=O)CCCCOc1c(N)c(S(=O)(=O)c2ccc(OC)cc2)cc(C(=O)OC)c1Cc1ccccc1.